The first-order chi connectivity index (χ1) is 8.63. The van der Waals surface area contributed by atoms with Crippen LogP contribution >= 0.6 is 0 Å². The van der Waals surface area contributed by atoms with Crippen LogP contribution in [0.4, 0.5) is 5.69 Å². The summed E-state index contributed by atoms with van der Waals surface area (Å²) in [7, 11) is 0. The fourth-order valence-corrected chi connectivity index (χ4v) is 1.82. The van der Waals surface area contributed by atoms with Gasteiger partial charge in [0.05, 0.1) is 12.5 Å². The lowest BCUT2D eigenvalue weighted by atomic mass is 10.2. The number of ether oxygens (including phenoxy) is 1. The van der Waals surface area contributed by atoms with Gasteiger partial charge < -0.3 is 10.1 Å². The van der Waals surface area contributed by atoms with Crippen LogP contribution in [0.5, 0.6) is 0 Å². The van der Waals surface area contributed by atoms with Crippen molar-refractivity contribution in [1.82, 2.24) is 0 Å². The Hall–Kier alpha value is -1.51. The standard InChI is InChI=1S/C15H23NO2/c1-4-7-13(3)18-15(17)10-11-16-14-9-6-5-8-12(14)2/h5-6,8-9,13,16H,4,7,10-11H2,1-3H3. The van der Waals surface area contributed by atoms with Gasteiger partial charge in [-0.15, -0.1) is 0 Å². The van der Waals surface area contributed by atoms with Crippen molar-refractivity contribution in [2.75, 3.05) is 11.9 Å². The molecule has 0 aromatic heterocycles. The molecule has 0 amide bonds. The number of aryl methyl sites for hydroxylation is 1. The van der Waals surface area contributed by atoms with Gasteiger partial charge in [0, 0.05) is 12.2 Å². The van der Waals surface area contributed by atoms with Crippen molar-refractivity contribution in [2.45, 2.75) is 46.1 Å². The highest BCUT2D eigenvalue weighted by atomic mass is 16.5. The molecule has 0 heterocycles. The molecule has 1 N–H and O–H groups in total. The van der Waals surface area contributed by atoms with E-state index in [1.165, 1.54) is 5.56 Å². The van der Waals surface area contributed by atoms with Crippen molar-refractivity contribution in [1.29, 1.82) is 0 Å². The molecule has 3 nitrogen and oxygen atoms in total. The van der Waals surface area contributed by atoms with Gasteiger partial charge in [-0.1, -0.05) is 31.5 Å². The van der Waals surface area contributed by atoms with Crippen LogP contribution in [0.2, 0.25) is 0 Å². The lowest BCUT2D eigenvalue weighted by Gasteiger charge is -2.13. The molecule has 0 radical (unpaired) electrons. The molecule has 0 aliphatic carbocycles. The van der Waals surface area contributed by atoms with E-state index in [2.05, 4.69) is 12.2 Å². The molecule has 1 unspecified atom stereocenters. The first-order valence-corrected chi connectivity index (χ1v) is 6.62. The largest absolute Gasteiger partial charge is 0.463 e. The second-order valence-corrected chi connectivity index (χ2v) is 4.58. The number of anilines is 1. The second-order valence-electron chi connectivity index (χ2n) is 4.58. The summed E-state index contributed by atoms with van der Waals surface area (Å²) in [6.07, 6.45) is 2.40. The van der Waals surface area contributed by atoms with E-state index in [-0.39, 0.29) is 12.1 Å². The van der Waals surface area contributed by atoms with Gasteiger partial charge in [0.1, 0.15) is 0 Å². The number of hydrogen-bond donors (Lipinski definition) is 1. The summed E-state index contributed by atoms with van der Waals surface area (Å²) >= 11 is 0. The number of hydrogen-bond acceptors (Lipinski definition) is 3. The molecule has 100 valence electrons. The van der Waals surface area contributed by atoms with E-state index >= 15 is 0 Å². The van der Waals surface area contributed by atoms with Crippen LogP contribution in [0, 0.1) is 6.92 Å². The molecule has 1 aromatic carbocycles. The average molecular weight is 249 g/mol. The fraction of sp³-hybridized carbons (Fsp3) is 0.533. The van der Waals surface area contributed by atoms with Crippen molar-refractivity contribution in [3.8, 4) is 0 Å². The van der Waals surface area contributed by atoms with Crippen LogP contribution in [0.3, 0.4) is 0 Å². The second kappa shape index (κ2) is 7.75. The number of carbonyl (C=O) groups is 1. The van der Waals surface area contributed by atoms with E-state index in [1.54, 1.807) is 0 Å². The Morgan fingerprint density at radius 1 is 1.39 bits per heavy atom. The monoisotopic (exact) mass is 249 g/mol. The van der Waals surface area contributed by atoms with Crippen LogP contribution in [-0.2, 0) is 9.53 Å². The Kier molecular flexibility index (Phi) is 6.26. The molecule has 1 rings (SSSR count). The molecule has 0 aliphatic heterocycles. The summed E-state index contributed by atoms with van der Waals surface area (Å²) in [5.41, 5.74) is 2.26. The Balaban J connectivity index is 2.25. The van der Waals surface area contributed by atoms with E-state index in [1.807, 2.05) is 38.1 Å². The minimum Gasteiger partial charge on any atom is -0.463 e. The smallest absolute Gasteiger partial charge is 0.307 e. The number of carbonyl (C=O) groups excluding carboxylic acids is 1. The van der Waals surface area contributed by atoms with Crippen molar-refractivity contribution in [2.24, 2.45) is 0 Å². The van der Waals surface area contributed by atoms with Crippen molar-refractivity contribution in [3.05, 3.63) is 29.8 Å². The molecule has 18 heavy (non-hydrogen) atoms. The Bertz CT molecular complexity index is 377. The molecular weight excluding hydrogens is 226 g/mol. The molecule has 0 fully saturated rings. The summed E-state index contributed by atoms with van der Waals surface area (Å²) in [6.45, 7) is 6.69. The predicted molar refractivity (Wildman–Crippen MR) is 74.7 cm³/mol. The van der Waals surface area contributed by atoms with Crippen LogP contribution < -0.4 is 5.32 Å². The van der Waals surface area contributed by atoms with Gasteiger partial charge in [-0.2, -0.15) is 0 Å². The minimum atomic E-state index is -0.128. The average Bonchev–Trinajstić information content (AvgIpc) is 2.31. The van der Waals surface area contributed by atoms with Crippen molar-refractivity contribution in [3.63, 3.8) is 0 Å². The predicted octanol–water partition coefficient (Wildman–Crippen LogP) is 3.53. The third-order valence-electron chi connectivity index (χ3n) is 2.82. The molecule has 0 spiro atoms. The lowest BCUT2D eigenvalue weighted by Crippen LogP contribution is -2.17. The molecule has 0 saturated carbocycles. The maximum absolute atomic E-state index is 11.5. The lowest BCUT2D eigenvalue weighted by molar-refractivity contribution is -0.148. The van der Waals surface area contributed by atoms with Crippen molar-refractivity contribution < 1.29 is 9.53 Å². The summed E-state index contributed by atoms with van der Waals surface area (Å²) < 4.78 is 5.28. The number of para-hydroxylation sites is 1. The number of benzene rings is 1. The summed E-state index contributed by atoms with van der Waals surface area (Å²) in [6, 6.07) is 8.04. The zero-order chi connectivity index (χ0) is 13.4. The number of nitrogens with one attached hydrogen (secondary N) is 1. The van der Waals surface area contributed by atoms with Crippen LogP contribution in [0.1, 0.15) is 38.7 Å². The highest BCUT2D eigenvalue weighted by Crippen LogP contribution is 2.13. The summed E-state index contributed by atoms with van der Waals surface area (Å²) in [5, 5.41) is 3.25. The highest BCUT2D eigenvalue weighted by Gasteiger charge is 2.08. The topological polar surface area (TPSA) is 38.3 Å². The summed E-state index contributed by atoms with van der Waals surface area (Å²) in [5.74, 6) is -0.128. The van der Waals surface area contributed by atoms with Gasteiger partial charge >= 0.3 is 5.97 Å². The Morgan fingerprint density at radius 2 is 2.11 bits per heavy atom. The molecule has 3 heteroatoms. The maximum atomic E-state index is 11.5. The van der Waals surface area contributed by atoms with Crippen LogP contribution in [0.15, 0.2) is 24.3 Å². The summed E-state index contributed by atoms with van der Waals surface area (Å²) in [4.78, 5) is 11.5. The quantitative estimate of drug-likeness (QED) is 0.751. The van der Waals surface area contributed by atoms with E-state index in [0.29, 0.717) is 13.0 Å². The first kappa shape index (κ1) is 14.6. The van der Waals surface area contributed by atoms with Gasteiger partial charge in [0.15, 0.2) is 0 Å². The SMILES string of the molecule is CCCC(C)OC(=O)CCNc1ccccc1C. The number of esters is 1. The van der Waals surface area contributed by atoms with Gasteiger partial charge in [0.25, 0.3) is 0 Å². The van der Waals surface area contributed by atoms with E-state index < -0.39 is 0 Å². The Morgan fingerprint density at radius 3 is 2.78 bits per heavy atom. The molecule has 0 aliphatic rings. The zero-order valence-corrected chi connectivity index (χ0v) is 11.5. The normalized spacial score (nSPS) is 11.9. The third kappa shape index (κ3) is 5.21. The molecule has 0 saturated heterocycles. The van der Waals surface area contributed by atoms with Gasteiger partial charge in [-0.25, -0.2) is 0 Å². The van der Waals surface area contributed by atoms with Gasteiger partial charge in [-0.3, -0.25) is 4.79 Å². The first-order valence-electron chi connectivity index (χ1n) is 6.62. The third-order valence-corrected chi connectivity index (χ3v) is 2.82. The van der Waals surface area contributed by atoms with Crippen LogP contribution in [0.25, 0.3) is 0 Å². The minimum absolute atomic E-state index is 0.0287. The van der Waals surface area contributed by atoms with Gasteiger partial charge in [-0.05, 0) is 31.9 Å². The van der Waals surface area contributed by atoms with Crippen molar-refractivity contribution >= 4 is 11.7 Å². The fourth-order valence-electron chi connectivity index (χ4n) is 1.82. The molecular formula is C15H23NO2. The van der Waals surface area contributed by atoms with Crippen LogP contribution in [-0.4, -0.2) is 18.6 Å². The van der Waals surface area contributed by atoms with Gasteiger partial charge in [0.2, 0.25) is 0 Å². The van der Waals surface area contributed by atoms with E-state index in [0.717, 1.165) is 18.5 Å². The molecule has 1 aromatic rings. The molecule has 0 bridgehead atoms. The van der Waals surface area contributed by atoms with E-state index in [9.17, 15) is 4.79 Å². The van der Waals surface area contributed by atoms with E-state index in [4.69, 9.17) is 4.74 Å². The Labute approximate surface area is 110 Å². The molecule has 1 atom stereocenters. The number of rotatable bonds is 7. The maximum Gasteiger partial charge on any atom is 0.307 e. The zero-order valence-electron chi connectivity index (χ0n) is 11.5. The highest BCUT2D eigenvalue weighted by molar-refractivity contribution is 5.70.